The SMILES string of the molecule is O=C(O)COc1ccc(Br)cc1/C=C1\CC/C(=C\c2cc(Br)ccc2OCC(=O)O)C1=O. The molecular formula is C23H18Br2O7. The molecule has 0 saturated heterocycles. The fourth-order valence-corrected chi connectivity index (χ4v) is 3.92. The molecule has 2 aromatic rings. The Balaban J connectivity index is 1.89. The van der Waals surface area contributed by atoms with Crippen molar-refractivity contribution in [1.82, 2.24) is 0 Å². The topological polar surface area (TPSA) is 110 Å². The van der Waals surface area contributed by atoms with Crippen molar-refractivity contribution in [3.8, 4) is 11.5 Å². The van der Waals surface area contributed by atoms with E-state index in [1.54, 1.807) is 48.6 Å². The Hall–Kier alpha value is -2.91. The molecule has 0 aromatic heterocycles. The lowest BCUT2D eigenvalue weighted by atomic mass is 10.1. The van der Waals surface area contributed by atoms with Crippen LogP contribution >= 0.6 is 31.9 Å². The van der Waals surface area contributed by atoms with Crippen LogP contribution in [0.5, 0.6) is 11.5 Å². The first-order valence-corrected chi connectivity index (χ1v) is 11.1. The van der Waals surface area contributed by atoms with Crippen LogP contribution in [0.3, 0.4) is 0 Å². The van der Waals surface area contributed by atoms with Gasteiger partial charge in [0.2, 0.25) is 0 Å². The van der Waals surface area contributed by atoms with Crippen LogP contribution in [0.15, 0.2) is 56.5 Å². The highest BCUT2D eigenvalue weighted by Crippen LogP contribution is 2.34. The van der Waals surface area contributed by atoms with Crippen LogP contribution in [0.2, 0.25) is 0 Å². The molecule has 2 N–H and O–H groups in total. The summed E-state index contributed by atoms with van der Waals surface area (Å²) in [5.41, 5.74) is 2.33. The molecule has 32 heavy (non-hydrogen) atoms. The Morgan fingerprint density at radius 3 is 1.59 bits per heavy atom. The summed E-state index contributed by atoms with van der Waals surface area (Å²) in [4.78, 5) is 34.7. The minimum Gasteiger partial charge on any atom is -0.481 e. The molecule has 0 aliphatic heterocycles. The highest BCUT2D eigenvalue weighted by molar-refractivity contribution is 9.10. The van der Waals surface area contributed by atoms with Gasteiger partial charge in [-0.3, -0.25) is 4.79 Å². The number of halogens is 2. The maximum Gasteiger partial charge on any atom is 0.341 e. The van der Waals surface area contributed by atoms with E-state index in [1.807, 2.05) is 0 Å². The molecule has 1 saturated carbocycles. The van der Waals surface area contributed by atoms with Gasteiger partial charge >= 0.3 is 11.9 Å². The van der Waals surface area contributed by atoms with E-state index in [9.17, 15) is 14.4 Å². The first-order valence-electron chi connectivity index (χ1n) is 9.47. The number of carboxylic acid groups (broad SMARTS) is 2. The van der Waals surface area contributed by atoms with Crippen LogP contribution in [0, 0.1) is 0 Å². The summed E-state index contributed by atoms with van der Waals surface area (Å²) in [5, 5.41) is 17.7. The Bertz CT molecular complexity index is 1050. The van der Waals surface area contributed by atoms with Crippen molar-refractivity contribution in [3.05, 3.63) is 67.6 Å². The standard InChI is InChI=1S/C23H18Br2O7/c24-17-3-5-19(31-11-21(26)27)15(9-17)7-13-1-2-14(23(13)30)8-16-10-18(25)4-6-20(16)32-12-22(28)29/h3-10H,1-2,11-12H2,(H,26,27)(H,28,29)/b13-7+,14-8+. The molecule has 0 amide bonds. The van der Waals surface area contributed by atoms with E-state index in [2.05, 4.69) is 31.9 Å². The van der Waals surface area contributed by atoms with E-state index in [0.717, 1.165) is 8.95 Å². The molecule has 1 fully saturated rings. The van der Waals surface area contributed by atoms with Crippen molar-refractivity contribution in [1.29, 1.82) is 0 Å². The van der Waals surface area contributed by atoms with Gasteiger partial charge in [-0.1, -0.05) is 31.9 Å². The lowest BCUT2D eigenvalue weighted by Crippen LogP contribution is -2.10. The maximum atomic E-state index is 13.0. The number of Topliss-reactive ketones (excluding diaryl/α,β-unsaturated/α-hetero) is 1. The van der Waals surface area contributed by atoms with Crippen molar-refractivity contribution in [2.45, 2.75) is 12.8 Å². The molecule has 1 aliphatic rings. The number of benzene rings is 2. The third kappa shape index (κ3) is 6.30. The number of hydrogen-bond donors (Lipinski definition) is 2. The lowest BCUT2D eigenvalue weighted by Gasteiger charge is -2.09. The van der Waals surface area contributed by atoms with Crippen molar-refractivity contribution in [2.75, 3.05) is 13.2 Å². The molecule has 9 heteroatoms. The summed E-state index contributed by atoms with van der Waals surface area (Å²) >= 11 is 6.76. The number of rotatable bonds is 8. The van der Waals surface area contributed by atoms with Crippen LogP contribution in [0.25, 0.3) is 12.2 Å². The van der Waals surface area contributed by atoms with Crippen molar-refractivity contribution in [3.63, 3.8) is 0 Å². The second-order valence-electron chi connectivity index (χ2n) is 6.90. The third-order valence-electron chi connectivity index (χ3n) is 4.55. The molecular weight excluding hydrogens is 548 g/mol. The highest BCUT2D eigenvalue weighted by atomic mass is 79.9. The Morgan fingerprint density at radius 2 is 1.22 bits per heavy atom. The molecule has 166 valence electrons. The van der Waals surface area contributed by atoms with E-state index in [0.29, 0.717) is 46.6 Å². The Labute approximate surface area is 200 Å². The van der Waals surface area contributed by atoms with Crippen LogP contribution < -0.4 is 9.47 Å². The predicted molar refractivity (Wildman–Crippen MR) is 125 cm³/mol. The van der Waals surface area contributed by atoms with E-state index in [4.69, 9.17) is 19.7 Å². The third-order valence-corrected chi connectivity index (χ3v) is 5.54. The zero-order valence-corrected chi connectivity index (χ0v) is 19.8. The van der Waals surface area contributed by atoms with Crippen molar-refractivity contribution >= 4 is 61.7 Å². The first kappa shape index (κ1) is 23.7. The summed E-state index contributed by atoms with van der Waals surface area (Å²) in [5.74, 6) is -1.60. The highest BCUT2D eigenvalue weighted by Gasteiger charge is 2.24. The van der Waals surface area contributed by atoms with Gasteiger partial charge in [0.25, 0.3) is 0 Å². The number of allylic oxidation sites excluding steroid dienone is 2. The van der Waals surface area contributed by atoms with Gasteiger partial charge in [-0.2, -0.15) is 0 Å². The molecule has 0 radical (unpaired) electrons. The van der Waals surface area contributed by atoms with Gasteiger partial charge in [0, 0.05) is 31.2 Å². The fourth-order valence-electron chi connectivity index (χ4n) is 3.16. The Kier molecular flexibility index (Phi) is 7.87. The van der Waals surface area contributed by atoms with E-state index in [1.165, 1.54) is 0 Å². The van der Waals surface area contributed by atoms with Gasteiger partial charge < -0.3 is 19.7 Å². The zero-order valence-electron chi connectivity index (χ0n) is 16.6. The summed E-state index contributed by atoms with van der Waals surface area (Å²) < 4.78 is 12.2. The first-order chi connectivity index (χ1) is 15.2. The van der Waals surface area contributed by atoms with Crippen LogP contribution in [-0.4, -0.2) is 41.1 Å². The molecule has 0 spiro atoms. The minimum atomic E-state index is -1.09. The number of hydrogen-bond acceptors (Lipinski definition) is 5. The number of ether oxygens (including phenoxy) is 2. The van der Waals surface area contributed by atoms with Crippen molar-refractivity contribution in [2.24, 2.45) is 0 Å². The molecule has 0 atom stereocenters. The molecule has 2 aromatic carbocycles. The maximum absolute atomic E-state index is 13.0. The fraction of sp³-hybridized carbons (Fsp3) is 0.174. The van der Waals surface area contributed by atoms with E-state index >= 15 is 0 Å². The smallest absolute Gasteiger partial charge is 0.341 e. The zero-order chi connectivity index (χ0) is 23.3. The number of aliphatic carboxylic acids is 2. The van der Waals surface area contributed by atoms with Gasteiger partial charge in [0.1, 0.15) is 11.5 Å². The van der Waals surface area contributed by atoms with Crippen molar-refractivity contribution < 1.29 is 34.1 Å². The molecule has 0 unspecified atom stereocenters. The van der Waals surface area contributed by atoms with Gasteiger partial charge in [-0.05, 0) is 61.4 Å². The van der Waals surface area contributed by atoms with Gasteiger partial charge in [0.05, 0.1) is 0 Å². The summed E-state index contributed by atoms with van der Waals surface area (Å²) in [6.45, 7) is -0.974. The second kappa shape index (κ2) is 10.6. The predicted octanol–water partition coefficient (Wildman–Crippen LogP) is 4.97. The average Bonchev–Trinajstić information content (AvgIpc) is 3.06. The van der Waals surface area contributed by atoms with Crippen LogP contribution in [0.1, 0.15) is 24.0 Å². The quantitative estimate of drug-likeness (QED) is 0.435. The summed E-state index contributed by atoms with van der Waals surface area (Å²) in [7, 11) is 0. The molecule has 0 bridgehead atoms. The summed E-state index contributed by atoms with van der Waals surface area (Å²) in [6, 6.07) is 10.3. The van der Waals surface area contributed by atoms with Crippen LogP contribution in [-0.2, 0) is 14.4 Å². The van der Waals surface area contributed by atoms with Gasteiger partial charge in [-0.25, -0.2) is 9.59 Å². The van der Waals surface area contributed by atoms with E-state index in [-0.39, 0.29) is 5.78 Å². The summed E-state index contributed by atoms with van der Waals surface area (Å²) in [6.07, 6.45) is 4.42. The number of ketones is 1. The second-order valence-corrected chi connectivity index (χ2v) is 8.73. The molecule has 1 aliphatic carbocycles. The minimum absolute atomic E-state index is 0.140. The molecule has 7 nitrogen and oxygen atoms in total. The van der Waals surface area contributed by atoms with Crippen LogP contribution in [0.4, 0.5) is 0 Å². The van der Waals surface area contributed by atoms with Gasteiger partial charge in [0.15, 0.2) is 19.0 Å². The lowest BCUT2D eigenvalue weighted by molar-refractivity contribution is -0.140. The van der Waals surface area contributed by atoms with E-state index < -0.39 is 25.2 Å². The monoisotopic (exact) mass is 564 g/mol. The molecule has 0 heterocycles. The Morgan fingerprint density at radius 1 is 0.812 bits per heavy atom. The number of carbonyl (C=O) groups excluding carboxylic acids is 1. The number of carbonyl (C=O) groups is 3. The normalized spacial score (nSPS) is 15.9. The largest absolute Gasteiger partial charge is 0.481 e. The number of carboxylic acids is 2. The van der Waals surface area contributed by atoms with Gasteiger partial charge in [-0.15, -0.1) is 0 Å². The molecule has 3 rings (SSSR count). The average molecular weight is 566 g/mol.